The van der Waals surface area contributed by atoms with E-state index in [1.54, 1.807) is 5.48 Å². The molecule has 0 atom stereocenters. The third-order valence-corrected chi connectivity index (χ3v) is 0.285. The van der Waals surface area contributed by atoms with Crippen molar-refractivity contribution in [2.75, 3.05) is 0 Å². The molecule has 0 saturated carbocycles. The number of rotatable bonds is 0. The van der Waals surface area contributed by atoms with E-state index in [-0.39, 0.29) is 12.4 Å². The Balaban J connectivity index is 0.000000250. The van der Waals surface area contributed by atoms with Crippen LogP contribution in [0.3, 0.4) is 0 Å². The van der Waals surface area contributed by atoms with E-state index in [1.807, 2.05) is 0 Å². The Morgan fingerprint density at radius 2 is 1.67 bits per heavy atom. The summed E-state index contributed by atoms with van der Waals surface area (Å²) in [5, 5.41) is 15.7. The fourth-order valence-electron chi connectivity index (χ4n) is 0.0456. The second-order valence-corrected chi connectivity index (χ2v) is 0.812. The van der Waals surface area contributed by atoms with Crippen molar-refractivity contribution in [3.8, 4) is 0 Å². The van der Waals surface area contributed by atoms with Gasteiger partial charge < -0.3 is 10.2 Å². The van der Waals surface area contributed by atoms with Crippen molar-refractivity contribution in [1.82, 2.24) is 5.48 Å². The zero-order valence-corrected chi connectivity index (χ0v) is 3.53. The van der Waals surface area contributed by atoms with Gasteiger partial charge in [0.2, 0.25) is 0 Å². The van der Waals surface area contributed by atoms with Crippen molar-refractivity contribution >= 4 is 12.4 Å². The van der Waals surface area contributed by atoms with Gasteiger partial charge in [0.1, 0.15) is 0 Å². The lowest BCUT2D eigenvalue weighted by atomic mass is 11.2. The molecule has 0 aromatic carbocycles. The minimum absolute atomic E-state index is 0. The van der Waals surface area contributed by atoms with E-state index in [1.165, 1.54) is 0 Å². The molecule has 0 aliphatic carbocycles. The summed E-state index contributed by atoms with van der Waals surface area (Å²) in [7, 11) is 0. The Bertz CT molecular complexity index is 48.8. The van der Waals surface area contributed by atoms with E-state index in [0.717, 1.165) is 0 Å². The van der Waals surface area contributed by atoms with E-state index >= 15 is 0 Å². The van der Waals surface area contributed by atoms with Crippen LogP contribution in [-0.2, 0) is 4.84 Å². The summed E-state index contributed by atoms with van der Waals surface area (Å²) in [5.74, 6) is 0. The lowest BCUT2D eigenvalue weighted by Crippen LogP contribution is -2.09. The summed E-state index contributed by atoms with van der Waals surface area (Å²) < 4.78 is 0. The normalized spacial score (nSPS) is 25.0. The molecular formula is CH4ClNO3. The molecule has 4 nitrogen and oxygen atoms in total. The smallest absolute Gasteiger partial charge is 0.327 e. The maximum absolute atomic E-state index is 7.85. The zero-order valence-electron chi connectivity index (χ0n) is 2.71. The summed E-state index contributed by atoms with van der Waals surface area (Å²) >= 11 is 0. The topological polar surface area (TPSA) is 74.9 Å². The van der Waals surface area contributed by atoms with E-state index < -0.39 is 6.10 Å². The average molecular weight is 114 g/mol. The Morgan fingerprint density at radius 3 is 1.67 bits per heavy atom. The number of aliphatic hydroxyl groups is 2. The quantitative estimate of drug-likeness (QED) is 0.265. The number of hydrogen-bond acceptors (Lipinski definition) is 4. The van der Waals surface area contributed by atoms with Crippen molar-refractivity contribution in [3.63, 3.8) is 0 Å². The molecule has 1 aliphatic rings. The summed E-state index contributed by atoms with van der Waals surface area (Å²) in [6.45, 7) is 0. The largest absolute Gasteiger partial charge is 0.385 e. The van der Waals surface area contributed by atoms with Crippen LogP contribution in [0, 0.1) is 0 Å². The third-order valence-electron chi connectivity index (χ3n) is 0.285. The van der Waals surface area contributed by atoms with E-state index in [4.69, 9.17) is 10.2 Å². The van der Waals surface area contributed by atoms with Crippen LogP contribution < -0.4 is 5.48 Å². The Kier molecular flexibility index (Phi) is 1.35. The maximum atomic E-state index is 7.85. The molecule has 0 spiro atoms. The van der Waals surface area contributed by atoms with Gasteiger partial charge in [-0.15, -0.1) is 17.9 Å². The van der Waals surface area contributed by atoms with Crippen LogP contribution in [-0.4, -0.2) is 16.3 Å². The van der Waals surface area contributed by atoms with Crippen molar-refractivity contribution in [1.29, 1.82) is 0 Å². The molecule has 0 bridgehead atoms. The van der Waals surface area contributed by atoms with Crippen LogP contribution >= 0.6 is 12.4 Å². The van der Waals surface area contributed by atoms with Gasteiger partial charge in [-0.05, 0) is 0 Å². The van der Waals surface area contributed by atoms with Crippen molar-refractivity contribution in [3.05, 3.63) is 0 Å². The van der Waals surface area contributed by atoms with Gasteiger partial charge >= 0.3 is 6.10 Å². The van der Waals surface area contributed by atoms with Gasteiger partial charge in [-0.3, -0.25) is 0 Å². The van der Waals surface area contributed by atoms with Gasteiger partial charge in [0.25, 0.3) is 0 Å². The lowest BCUT2D eigenvalue weighted by molar-refractivity contribution is -0.150. The van der Waals surface area contributed by atoms with Gasteiger partial charge in [0.15, 0.2) is 0 Å². The number of hydroxylamine groups is 1. The van der Waals surface area contributed by atoms with Crippen molar-refractivity contribution in [2.45, 2.75) is 6.10 Å². The number of nitrogens with one attached hydrogen (secondary N) is 1. The van der Waals surface area contributed by atoms with Gasteiger partial charge in [0, 0.05) is 0 Å². The first-order valence-electron chi connectivity index (χ1n) is 1.11. The van der Waals surface area contributed by atoms with Gasteiger partial charge in [-0.2, -0.15) is 0 Å². The maximum Gasteiger partial charge on any atom is 0.385 e. The molecule has 1 fully saturated rings. The van der Waals surface area contributed by atoms with E-state index in [9.17, 15) is 0 Å². The summed E-state index contributed by atoms with van der Waals surface area (Å²) in [4.78, 5) is 3.76. The predicted octanol–water partition coefficient (Wildman–Crippen LogP) is -1.46. The number of halogens is 1. The molecule has 5 heteroatoms. The highest BCUT2D eigenvalue weighted by molar-refractivity contribution is 5.85. The van der Waals surface area contributed by atoms with Gasteiger partial charge in [-0.1, -0.05) is 0 Å². The van der Waals surface area contributed by atoms with Gasteiger partial charge in [-0.25, -0.2) is 4.84 Å². The van der Waals surface area contributed by atoms with Gasteiger partial charge in [0.05, 0.1) is 0 Å². The van der Waals surface area contributed by atoms with Crippen LogP contribution in [0.1, 0.15) is 0 Å². The van der Waals surface area contributed by atoms with Crippen LogP contribution in [0.2, 0.25) is 0 Å². The first kappa shape index (κ1) is 6.13. The van der Waals surface area contributed by atoms with Crippen LogP contribution in [0.5, 0.6) is 0 Å². The molecule has 0 unspecified atom stereocenters. The first-order chi connectivity index (χ1) is 2.21. The summed E-state index contributed by atoms with van der Waals surface area (Å²) in [6.07, 6.45) is -2.00. The predicted molar refractivity (Wildman–Crippen MR) is 18.6 cm³/mol. The van der Waals surface area contributed by atoms with Crippen LogP contribution in [0.15, 0.2) is 0 Å². The second kappa shape index (κ2) is 1.32. The molecule has 3 N–H and O–H groups in total. The fourth-order valence-corrected chi connectivity index (χ4v) is 0.0456. The highest BCUT2D eigenvalue weighted by Gasteiger charge is 2.40. The zero-order chi connectivity index (χ0) is 3.91. The first-order valence-corrected chi connectivity index (χ1v) is 1.11. The molecule has 0 amide bonds. The molecule has 1 aliphatic heterocycles. The second-order valence-electron chi connectivity index (χ2n) is 0.812. The SMILES string of the molecule is Cl.OC1(O)NO1. The molecule has 0 aromatic heterocycles. The standard InChI is InChI=1S/CH3NO3.ClH/c3-1(4)2-5-1;/h2-4H;1H. The third kappa shape index (κ3) is 1.54. The molecule has 1 heterocycles. The molecule has 0 radical (unpaired) electrons. The minimum atomic E-state index is -2.00. The lowest BCUT2D eigenvalue weighted by Gasteiger charge is -1.77. The summed E-state index contributed by atoms with van der Waals surface area (Å²) in [6, 6.07) is 0. The average Bonchev–Trinajstić information content (AvgIpc) is 1.76. The van der Waals surface area contributed by atoms with Crippen LogP contribution in [0.4, 0.5) is 0 Å². The Labute approximate surface area is 40.1 Å². The molecule has 0 aromatic rings. The molecule has 38 valence electrons. The van der Waals surface area contributed by atoms with Crippen LogP contribution in [0.25, 0.3) is 0 Å². The van der Waals surface area contributed by atoms with Crippen molar-refractivity contribution in [2.24, 2.45) is 0 Å². The Morgan fingerprint density at radius 1 is 1.50 bits per heavy atom. The Hall–Kier alpha value is 0.130. The highest BCUT2D eigenvalue weighted by Crippen LogP contribution is 2.06. The van der Waals surface area contributed by atoms with E-state index in [2.05, 4.69) is 4.84 Å². The minimum Gasteiger partial charge on any atom is -0.327 e. The van der Waals surface area contributed by atoms with E-state index in [0.29, 0.717) is 0 Å². The molecule has 1 saturated heterocycles. The molecular weight excluding hydrogens is 109 g/mol. The summed E-state index contributed by atoms with van der Waals surface area (Å²) in [5.41, 5.74) is 1.78. The monoisotopic (exact) mass is 113 g/mol. The molecule has 1 rings (SSSR count). The highest BCUT2D eigenvalue weighted by atomic mass is 35.5. The molecule has 6 heavy (non-hydrogen) atoms. The van der Waals surface area contributed by atoms with Crippen molar-refractivity contribution < 1.29 is 15.1 Å². The number of hydrogen-bond donors (Lipinski definition) is 3. The fraction of sp³-hybridized carbons (Fsp3) is 1.00.